The summed E-state index contributed by atoms with van der Waals surface area (Å²) in [6.45, 7) is 4.05. The monoisotopic (exact) mass is 425 g/mol. The van der Waals surface area contributed by atoms with Crippen LogP contribution >= 0.6 is 0 Å². The molecule has 0 saturated carbocycles. The van der Waals surface area contributed by atoms with E-state index in [2.05, 4.69) is 4.74 Å². The van der Waals surface area contributed by atoms with E-state index in [-0.39, 0.29) is 24.0 Å². The molecule has 30 heavy (non-hydrogen) atoms. The number of benzene rings is 1. The van der Waals surface area contributed by atoms with Crippen LogP contribution in [0, 0.1) is 0 Å². The van der Waals surface area contributed by atoms with Crippen LogP contribution in [0.15, 0.2) is 29.1 Å². The maximum atomic E-state index is 12.7. The molecule has 0 amide bonds. The van der Waals surface area contributed by atoms with Gasteiger partial charge in [0.15, 0.2) is 0 Å². The summed E-state index contributed by atoms with van der Waals surface area (Å²) in [5, 5.41) is 0. The first-order chi connectivity index (χ1) is 14.4. The van der Waals surface area contributed by atoms with Crippen molar-refractivity contribution >= 4 is 0 Å². The first-order valence-corrected chi connectivity index (χ1v) is 9.83. The third kappa shape index (κ3) is 4.32. The second-order valence-corrected chi connectivity index (χ2v) is 7.17. The molecule has 1 aromatic heterocycles. The van der Waals surface area contributed by atoms with Crippen LogP contribution in [-0.2, 0) is 28.9 Å². The van der Waals surface area contributed by atoms with E-state index < -0.39 is 6.36 Å². The second-order valence-electron chi connectivity index (χ2n) is 7.17. The van der Waals surface area contributed by atoms with Crippen molar-refractivity contribution in [3.63, 3.8) is 0 Å². The lowest BCUT2D eigenvalue weighted by atomic mass is 9.93. The predicted molar refractivity (Wildman–Crippen MR) is 102 cm³/mol. The number of aryl methyl sites for hydroxylation is 1. The lowest BCUT2D eigenvalue weighted by Crippen LogP contribution is -2.34. The number of rotatable bonds is 5. The zero-order valence-corrected chi connectivity index (χ0v) is 16.5. The van der Waals surface area contributed by atoms with Gasteiger partial charge in [0.1, 0.15) is 24.2 Å². The molecule has 0 bridgehead atoms. The molecule has 1 atom stereocenters. The Morgan fingerprint density at radius 2 is 2.07 bits per heavy atom. The molecule has 1 fully saturated rings. The Morgan fingerprint density at radius 1 is 1.23 bits per heavy atom. The van der Waals surface area contributed by atoms with Gasteiger partial charge in [0.2, 0.25) is 0 Å². The van der Waals surface area contributed by atoms with Crippen molar-refractivity contribution in [2.75, 3.05) is 26.4 Å². The van der Waals surface area contributed by atoms with Gasteiger partial charge >= 0.3 is 6.36 Å². The number of nitrogens with zero attached hydrogens (tertiary/aromatic N) is 1. The minimum absolute atomic E-state index is 0.209. The smallest absolute Gasteiger partial charge is 0.490 e. The number of hydrogen-bond acceptors (Lipinski definition) is 5. The molecule has 9 heteroatoms. The summed E-state index contributed by atoms with van der Waals surface area (Å²) >= 11 is 0. The molecule has 2 aliphatic rings. The molecule has 1 saturated heterocycles. The van der Waals surface area contributed by atoms with Gasteiger partial charge in [0.05, 0.1) is 25.5 Å². The number of halogens is 3. The Kier molecular flexibility index (Phi) is 5.75. The molecule has 0 N–H and O–H groups in total. The van der Waals surface area contributed by atoms with Crippen molar-refractivity contribution in [2.45, 2.75) is 38.8 Å². The molecule has 0 spiro atoms. The van der Waals surface area contributed by atoms with Gasteiger partial charge < -0.3 is 23.5 Å². The summed E-state index contributed by atoms with van der Waals surface area (Å²) in [5.74, 6) is 0.198. The quantitative estimate of drug-likeness (QED) is 0.736. The highest BCUT2D eigenvalue weighted by atomic mass is 19.4. The zero-order chi connectivity index (χ0) is 21.3. The van der Waals surface area contributed by atoms with E-state index in [1.54, 1.807) is 10.6 Å². The minimum Gasteiger partial charge on any atom is -0.490 e. The fraction of sp³-hybridized carbons (Fsp3) is 0.476. The van der Waals surface area contributed by atoms with Crippen LogP contribution in [0.1, 0.15) is 18.1 Å². The van der Waals surface area contributed by atoms with E-state index in [4.69, 9.17) is 14.2 Å². The van der Waals surface area contributed by atoms with Gasteiger partial charge in [-0.2, -0.15) is 0 Å². The van der Waals surface area contributed by atoms with E-state index in [9.17, 15) is 18.0 Å². The van der Waals surface area contributed by atoms with Gasteiger partial charge in [-0.1, -0.05) is 6.92 Å². The van der Waals surface area contributed by atoms with E-state index in [0.29, 0.717) is 61.8 Å². The summed E-state index contributed by atoms with van der Waals surface area (Å²) in [6, 6.07) is 5.70. The highest BCUT2D eigenvalue weighted by Crippen LogP contribution is 2.37. The molecule has 1 unspecified atom stereocenters. The average molecular weight is 425 g/mol. The van der Waals surface area contributed by atoms with Crippen LogP contribution in [0.3, 0.4) is 0 Å². The SMILES string of the molecule is CCc1c(OCC2COCCO2)cc(=O)n2c1-c1ccc(OC(F)(F)F)cc1CC2. The second kappa shape index (κ2) is 8.31. The Labute approximate surface area is 171 Å². The number of alkyl halides is 3. The normalized spacial score (nSPS) is 18.5. The molecule has 0 radical (unpaired) electrons. The molecule has 2 aliphatic heterocycles. The topological polar surface area (TPSA) is 58.9 Å². The number of pyridine rings is 1. The largest absolute Gasteiger partial charge is 0.573 e. The van der Waals surface area contributed by atoms with E-state index in [1.807, 2.05) is 6.92 Å². The van der Waals surface area contributed by atoms with Crippen LogP contribution in [0.2, 0.25) is 0 Å². The van der Waals surface area contributed by atoms with Gasteiger partial charge in [-0.3, -0.25) is 4.79 Å². The molecular weight excluding hydrogens is 403 g/mol. The summed E-state index contributed by atoms with van der Waals surface area (Å²) in [5.41, 5.74) is 2.72. The van der Waals surface area contributed by atoms with Crippen molar-refractivity contribution in [1.82, 2.24) is 4.57 Å². The molecule has 0 aliphatic carbocycles. The predicted octanol–water partition coefficient (Wildman–Crippen LogP) is 3.33. The summed E-state index contributed by atoms with van der Waals surface area (Å²) in [4.78, 5) is 12.7. The first-order valence-electron chi connectivity index (χ1n) is 9.83. The highest BCUT2D eigenvalue weighted by molar-refractivity contribution is 5.72. The van der Waals surface area contributed by atoms with Gasteiger partial charge in [-0.05, 0) is 36.6 Å². The van der Waals surface area contributed by atoms with Crippen LogP contribution in [0.4, 0.5) is 13.2 Å². The third-order valence-corrected chi connectivity index (χ3v) is 5.21. The van der Waals surface area contributed by atoms with Gasteiger partial charge in [-0.25, -0.2) is 0 Å². The van der Waals surface area contributed by atoms with Crippen LogP contribution in [0.5, 0.6) is 11.5 Å². The van der Waals surface area contributed by atoms with E-state index in [0.717, 1.165) is 5.56 Å². The maximum absolute atomic E-state index is 12.7. The Morgan fingerprint density at radius 3 is 2.77 bits per heavy atom. The van der Waals surface area contributed by atoms with Crippen molar-refractivity contribution in [3.05, 3.63) is 45.7 Å². The lowest BCUT2D eigenvalue weighted by Gasteiger charge is -2.27. The van der Waals surface area contributed by atoms with Crippen molar-refractivity contribution in [2.24, 2.45) is 0 Å². The minimum atomic E-state index is -4.75. The van der Waals surface area contributed by atoms with Gasteiger partial charge in [-0.15, -0.1) is 13.2 Å². The Bertz CT molecular complexity index is 980. The average Bonchev–Trinajstić information content (AvgIpc) is 2.71. The maximum Gasteiger partial charge on any atom is 0.573 e. The van der Waals surface area contributed by atoms with Crippen LogP contribution in [-0.4, -0.2) is 43.5 Å². The number of fused-ring (bicyclic) bond motifs is 3. The van der Waals surface area contributed by atoms with Crippen LogP contribution in [0.25, 0.3) is 11.3 Å². The number of hydrogen-bond donors (Lipinski definition) is 0. The summed E-state index contributed by atoms with van der Waals surface area (Å²) < 4.78 is 60.3. The molecule has 2 aromatic rings. The van der Waals surface area contributed by atoms with E-state index >= 15 is 0 Å². The van der Waals surface area contributed by atoms with Crippen molar-refractivity contribution < 1.29 is 32.1 Å². The molecule has 3 heterocycles. The summed E-state index contributed by atoms with van der Waals surface area (Å²) in [6.07, 6.45) is -3.93. The zero-order valence-electron chi connectivity index (χ0n) is 16.5. The van der Waals surface area contributed by atoms with Gasteiger partial charge in [0.25, 0.3) is 5.56 Å². The summed E-state index contributed by atoms with van der Waals surface area (Å²) in [7, 11) is 0. The standard InChI is InChI=1S/C21H22F3NO5/c1-2-16-18(29-12-15-11-27-7-8-28-15)10-19(26)25-6-5-13-9-14(30-21(22,23)24)3-4-17(13)20(16)25/h3-4,9-10,15H,2,5-8,11-12H2,1H3. The third-order valence-electron chi connectivity index (χ3n) is 5.21. The van der Waals surface area contributed by atoms with Gasteiger partial charge in [0, 0.05) is 23.7 Å². The molecule has 162 valence electrons. The van der Waals surface area contributed by atoms with Crippen molar-refractivity contribution in [1.29, 1.82) is 0 Å². The fourth-order valence-electron chi connectivity index (χ4n) is 3.92. The lowest BCUT2D eigenvalue weighted by molar-refractivity contribution is -0.274. The molecular formula is C21H22F3NO5. The Balaban J connectivity index is 1.69. The highest BCUT2D eigenvalue weighted by Gasteiger charge is 2.32. The number of ether oxygens (including phenoxy) is 4. The molecule has 4 rings (SSSR count). The number of aromatic nitrogens is 1. The van der Waals surface area contributed by atoms with Crippen LogP contribution < -0.4 is 15.0 Å². The Hall–Kier alpha value is -2.52. The first kappa shape index (κ1) is 20.7. The molecule has 1 aromatic carbocycles. The van der Waals surface area contributed by atoms with Crippen molar-refractivity contribution in [3.8, 4) is 22.8 Å². The molecule has 6 nitrogen and oxygen atoms in total. The fourth-order valence-corrected chi connectivity index (χ4v) is 3.92. The van der Waals surface area contributed by atoms with E-state index in [1.165, 1.54) is 18.2 Å².